The number of nitrogens with one attached hydrogen (secondary N) is 1. The third-order valence-electron chi connectivity index (χ3n) is 4.44. The minimum atomic E-state index is -0.583. The van der Waals surface area contributed by atoms with Crippen molar-refractivity contribution in [3.63, 3.8) is 0 Å². The van der Waals surface area contributed by atoms with Gasteiger partial charge in [0.2, 0.25) is 0 Å². The molecule has 0 spiro atoms. The second kappa shape index (κ2) is 7.86. The number of anilines is 1. The molecule has 1 aromatic carbocycles. The molecule has 0 aliphatic heterocycles. The molecule has 5 nitrogen and oxygen atoms in total. The molecule has 7 heteroatoms. The number of halogens is 1. The van der Waals surface area contributed by atoms with Crippen molar-refractivity contribution in [2.24, 2.45) is 0 Å². The molecule has 1 aliphatic carbocycles. The van der Waals surface area contributed by atoms with Crippen LogP contribution in [0.1, 0.15) is 44.0 Å². The van der Waals surface area contributed by atoms with Gasteiger partial charge in [-0.3, -0.25) is 4.79 Å². The quantitative estimate of drug-likeness (QED) is 0.612. The van der Waals surface area contributed by atoms with Crippen molar-refractivity contribution in [3.05, 3.63) is 45.6 Å². The summed E-state index contributed by atoms with van der Waals surface area (Å²) in [7, 11) is 2.72. The number of carbonyl (C=O) groups is 2. The number of fused-ring (bicyclic) bond motifs is 1. The van der Waals surface area contributed by atoms with Crippen LogP contribution in [0.25, 0.3) is 0 Å². The van der Waals surface area contributed by atoms with Crippen LogP contribution in [-0.4, -0.2) is 32.5 Å². The Morgan fingerprint density at radius 1 is 1.23 bits per heavy atom. The van der Waals surface area contributed by atoms with Crippen molar-refractivity contribution < 1.29 is 23.5 Å². The van der Waals surface area contributed by atoms with Crippen LogP contribution in [0.2, 0.25) is 0 Å². The predicted octanol–water partition coefficient (Wildman–Crippen LogP) is 3.86. The summed E-state index contributed by atoms with van der Waals surface area (Å²) in [6.07, 6.45) is 3.91. The van der Waals surface area contributed by atoms with Gasteiger partial charge >= 0.3 is 5.97 Å². The Labute approximate surface area is 155 Å². The number of methoxy groups -OCH3 is 2. The van der Waals surface area contributed by atoms with Crippen molar-refractivity contribution in [1.82, 2.24) is 0 Å². The van der Waals surface area contributed by atoms with Crippen LogP contribution < -0.4 is 10.1 Å². The Balaban J connectivity index is 1.79. The van der Waals surface area contributed by atoms with Gasteiger partial charge in [-0.2, -0.15) is 0 Å². The van der Waals surface area contributed by atoms with E-state index >= 15 is 0 Å². The molecule has 0 radical (unpaired) electrons. The van der Waals surface area contributed by atoms with Crippen LogP contribution in [0.5, 0.6) is 5.75 Å². The van der Waals surface area contributed by atoms with Gasteiger partial charge in [0.25, 0.3) is 0 Å². The van der Waals surface area contributed by atoms with E-state index in [4.69, 9.17) is 9.47 Å². The molecule has 2 aromatic rings. The van der Waals surface area contributed by atoms with Crippen molar-refractivity contribution in [2.45, 2.75) is 25.7 Å². The first-order chi connectivity index (χ1) is 12.5. The van der Waals surface area contributed by atoms with Gasteiger partial charge in [0, 0.05) is 10.4 Å². The highest BCUT2D eigenvalue weighted by molar-refractivity contribution is 7.16. The number of hydrogen-bond acceptors (Lipinski definition) is 6. The third-order valence-corrected chi connectivity index (χ3v) is 5.69. The summed E-state index contributed by atoms with van der Waals surface area (Å²) in [5, 5.41) is 3.69. The summed E-state index contributed by atoms with van der Waals surface area (Å²) < 4.78 is 23.6. The number of ketones is 1. The molecule has 0 saturated carbocycles. The maximum absolute atomic E-state index is 13.8. The number of rotatable bonds is 6. The normalized spacial score (nSPS) is 13.0. The molecule has 3 rings (SSSR count). The van der Waals surface area contributed by atoms with Crippen LogP contribution in [-0.2, 0) is 17.6 Å². The van der Waals surface area contributed by atoms with E-state index < -0.39 is 11.8 Å². The fraction of sp³-hybridized carbons (Fsp3) is 0.368. The molecule has 0 fully saturated rings. The summed E-state index contributed by atoms with van der Waals surface area (Å²) in [6.45, 7) is -0.0326. The zero-order valence-electron chi connectivity index (χ0n) is 14.7. The Hall–Kier alpha value is -2.41. The molecule has 1 aliphatic rings. The van der Waals surface area contributed by atoms with Gasteiger partial charge in [-0.1, -0.05) is 0 Å². The van der Waals surface area contributed by atoms with Crippen molar-refractivity contribution in [1.29, 1.82) is 0 Å². The van der Waals surface area contributed by atoms with Crippen LogP contribution in [0.15, 0.2) is 18.2 Å². The van der Waals surface area contributed by atoms with Crippen molar-refractivity contribution >= 4 is 28.1 Å². The van der Waals surface area contributed by atoms with E-state index in [1.807, 2.05) is 0 Å². The zero-order valence-corrected chi connectivity index (χ0v) is 15.5. The molecule has 1 aromatic heterocycles. The summed E-state index contributed by atoms with van der Waals surface area (Å²) in [4.78, 5) is 25.7. The maximum Gasteiger partial charge on any atom is 0.341 e. The average molecular weight is 377 g/mol. The number of ether oxygens (including phenoxy) is 2. The first kappa shape index (κ1) is 18.4. The van der Waals surface area contributed by atoms with E-state index in [0.717, 1.165) is 37.3 Å². The Kier molecular flexibility index (Phi) is 5.56. The van der Waals surface area contributed by atoms with E-state index in [2.05, 4.69) is 5.32 Å². The number of thiophene rings is 1. The fourth-order valence-corrected chi connectivity index (χ4v) is 4.38. The fourth-order valence-electron chi connectivity index (χ4n) is 3.11. The highest BCUT2D eigenvalue weighted by Gasteiger charge is 2.26. The molecular weight excluding hydrogens is 357 g/mol. The minimum Gasteiger partial charge on any atom is -0.494 e. The number of Topliss-reactive ketones (excluding diaryl/α,β-unsaturated/α-hetero) is 1. The van der Waals surface area contributed by atoms with Gasteiger partial charge in [0.05, 0.1) is 26.3 Å². The van der Waals surface area contributed by atoms with Gasteiger partial charge < -0.3 is 14.8 Å². The standard InChI is InChI=1S/C19H20FNO4S/c1-24-15-8-7-11(9-13(15)20)14(22)10-21-18-17(19(23)25-2)12-5-3-4-6-16(12)26-18/h7-9,21H,3-6,10H2,1-2H3. The van der Waals surface area contributed by atoms with Crippen LogP contribution in [0.3, 0.4) is 0 Å². The SMILES string of the molecule is COC(=O)c1c(NCC(=O)c2ccc(OC)c(F)c2)sc2c1CCCC2. The average Bonchev–Trinajstić information content (AvgIpc) is 3.03. The smallest absolute Gasteiger partial charge is 0.341 e. The monoisotopic (exact) mass is 377 g/mol. The number of hydrogen-bond donors (Lipinski definition) is 1. The van der Waals surface area contributed by atoms with E-state index in [1.165, 1.54) is 42.6 Å². The molecule has 1 N–H and O–H groups in total. The predicted molar refractivity (Wildman–Crippen MR) is 98.1 cm³/mol. The van der Waals surface area contributed by atoms with E-state index in [9.17, 15) is 14.0 Å². The first-order valence-electron chi connectivity index (χ1n) is 8.38. The van der Waals surface area contributed by atoms with Crippen molar-refractivity contribution in [3.8, 4) is 5.75 Å². The van der Waals surface area contributed by atoms with E-state index in [1.54, 1.807) is 0 Å². The lowest BCUT2D eigenvalue weighted by molar-refractivity contribution is 0.0600. The van der Waals surface area contributed by atoms with Gasteiger partial charge in [-0.25, -0.2) is 9.18 Å². The van der Waals surface area contributed by atoms with E-state index in [0.29, 0.717) is 10.6 Å². The van der Waals surface area contributed by atoms with Gasteiger partial charge in [-0.05, 0) is 49.4 Å². The molecule has 0 saturated heterocycles. The van der Waals surface area contributed by atoms with Gasteiger partial charge in [0.1, 0.15) is 5.00 Å². The van der Waals surface area contributed by atoms with Crippen LogP contribution >= 0.6 is 11.3 Å². The highest BCUT2D eigenvalue weighted by atomic mass is 32.1. The molecule has 0 bridgehead atoms. The summed E-state index contributed by atoms with van der Waals surface area (Å²) in [5.41, 5.74) is 1.80. The maximum atomic E-state index is 13.8. The van der Waals surface area contributed by atoms with Crippen LogP contribution in [0, 0.1) is 5.82 Å². The molecular formula is C19H20FNO4S. The molecule has 1 heterocycles. The second-order valence-electron chi connectivity index (χ2n) is 6.03. The molecule has 26 heavy (non-hydrogen) atoms. The topological polar surface area (TPSA) is 64.6 Å². The van der Waals surface area contributed by atoms with Gasteiger partial charge in [-0.15, -0.1) is 11.3 Å². The molecule has 138 valence electrons. The lowest BCUT2D eigenvalue weighted by Crippen LogP contribution is -2.16. The third kappa shape index (κ3) is 3.58. The first-order valence-corrected chi connectivity index (χ1v) is 9.20. The second-order valence-corrected chi connectivity index (χ2v) is 7.14. The summed E-state index contributed by atoms with van der Waals surface area (Å²) in [6, 6.07) is 4.10. The van der Waals surface area contributed by atoms with Gasteiger partial charge in [0.15, 0.2) is 17.3 Å². The van der Waals surface area contributed by atoms with Crippen molar-refractivity contribution in [2.75, 3.05) is 26.1 Å². The Morgan fingerprint density at radius 2 is 2.00 bits per heavy atom. The number of benzene rings is 1. The highest BCUT2D eigenvalue weighted by Crippen LogP contribution is 2.38. The Morgan fingerprint density at radius 3 is 2.69 bits per heavy atom. The molecule has 0 amide bonds. The van der Waals surface area contributed by atoms with Crippen LogP contribution in [0.4, 0.5) is 9.39 Å². The molecule has 0 atom stereocenters. The van der Waals surface area contributed by atoms with E-state index in [-0.39, 0.29) is 23.6 Å². The lowest BCUT2D eigenvalue weighted by atomic mass is 9.95. The zero-order chi connectivity index (χ0) is 18.7. The lowest BCUT2D eigenvalue weighted by Gasteiger charge is -2.12. The number of aryl methyl sites for hydroxylation is 1. The summed E-state index contributed by atoms with van der Waals surface area (Å²) >= 11 is 1.49. The largest absolute Gasteiger partial charge is 0.494 e. The Bertz CT molecular complexity index is 846. The molecule has 0 unspecified atom stereocenters. The number of esters is 1. The summed E-state index contributed by atoms with van der Waals surface area (Å²) in [5.74, 6) is -1.16. The number of carbonyl (C=O) groups excluding carboxylic acids is 2. The minimum absolute atomic E-state index is 0.0326.